The molecule has 0 radical (unpaired) electrons. The quantitative estimate of drug-likeness (QED) is 0.836. The van der Waals surface area contributed by atoms with Gasteiger partial charge in [-0.15, -0.1) is 0 Å². The second kappa shape index (κ2) is 4.57. The van der Waals surface area contributed by atoms with E-state index in [0.717, 1.165) is 17.7 Å². The molecule has 1 N–H and O–H groups in total. The normalized spacial score (nSPS) is 13.4. The molecule has 2 amide bonds. The molecule has 0 saturated heterocycles. The van der Waals surface area contributed by atoms with Crippen molar-refractivity contribution in [3.05, 3.63) is 29.3 Å². The fourth-order valence-electron chi connectivity index (χ4n) is 2.23. The summed E-state index contributed by atoms with van der Waals surface area (Å²) in [6, 6.07) is 5.53. The smallest absolute Gasteiger partial charge is 0.251 e. The van der Waals surface area contributed by atoms with Crippen molar-refractivity contribution in [2.24, 2.45) is 0 Å². The number of carbonyl (C=O) groups is 2. The highest BCUT2D eigenvalue weighted by Gasteiger charge is 2.26. The molecule has 0 aliphatic carbocycles. The Morgan fingerprint density at radius 1 is 1.41 bits per heavy atom. The lowest BCUT2D eigenvalue weighted by molar-refractivity contribution is -0.118. The lowest BCUT2D eigenvalue weighted by atomic mass is 10.0. The Balaban J connectivity index is 2.42. The summed E-state index contributed by atoms with van der Waals surface area (Å²) in [6.07, 6.45) is 1.24. The monoisotopic (exact) mass is 232 g/mol. The molecular weight excluding hydrogens is 216 g/mol. The molecule has 90 valence electrons. The van der Waals surface area contributed by atoms with Crippen molar-refractivity contribution in [3.8, 4) is 0 Å². The van der Waals surface area contributed by atoms with Crippen LogP contribution in [0.4, 0.5) is 5.69 Å². The van der Waals surface area contributed by atoms with Gasteiger partial charge in [-0.2, -0.15) is 0 Å². The van der Waals surface area contributed by atoms with Gasteiger partial charge in [0, 0.05) is 31.3 Å². The predicted molar refractivity (Wildman–Crippen MR) is 66.2 cm³/mol. The minimum atomic E-state index is -0.0901. The molecule has 17 heavy (non-hydrogen) atoms. The number of nitrogens with zero attached hydrogens (tertiary/aromatic N) is 1. The van der Waals surface area contributed by atoms with Crippen LogP contribution in [0.25, 0.3) is 0 Å². The van der Waals surface area contributed by atoms with Crippen LogP contribution in [-0.4, -0.2) is 25.4 Å². The zero-order chi connectivity index (χ0) is 12.4. The van der Waals surface area contributed by atoms with Gasteiger partial charge in [0.15, 0.2) is 0 Å². The molecule has 1 heterocycles. The Hall–Kier alpha value is -1.84. The van der Waals surface area contributed by atoms with Crippen LogP contribution >= 0.6 is 0 Å². The molecule has 0 saturated carbocycles. The van der Waals surface area contributed by atoms with Gasteiger partial charge in [-0.1, -0.05) is 13.0 Å². The third-order valence-corrected chi connectivity index (χ3v) is 3.10. The summed E-state index contributed by atoms with van der Waals surface area (Å²) in [4.78, 5) is 25.2. The van der Waals surface area contributed by atoms with E-state index in [1.54, 1.807) is 18.0 Å². The molecule has 0 aromatic heterocycles. The Morgan fingerprint density at radius 3 is 2.82 bits per heavy atom. The summed E-state index contributed by atoms with van der Waals surface area (Å²) >= 11 is 0. The largest absolute Gasteiger partial charge is 0.355 e. The summed E-state index contributed by atoms with van der Waals surface area (Å²) in [7, 11) is 1.62. The van der Waals surface area contributed by atoms with E-state index in [0.29, 0.717) is 18.5 Å². The average Bonchev–Trinajstić information content (AvgIpc) is 2.80. The molecule has 4 nitrogen and oxygen atoms in total. The van der Waals surface area contributed by atoms with E-state index in [-0.39, 0.29) is 11.8 Å². The summed E-state index contributed by atoms with van der Waals surface area (Å²) in [5.41, 5.74) is 2.54. The van der Waals surface area contributed by atoms with Gasteiger partial charge in [-0.05, 0) is 24.1 Å². The van der Waals surface area contributed by atoms with Gasteiger partial charge in [0.1, 0.15) is 0 Å². The van der Waals surface area contributed by atoms with Crippen LogP contribution in [0.15, 0.2) is 18.2 Å². The number of anilines is 1. The van der Waals surface area contributed by atoms with E-state index in [1.165, 1.54) is 0 Å². The first-order valence-corrected chi connectivity index (χ1v) is 5.83. The molecule has 0 atom stereocenters. The van der Waals surface area contributed by atoms with E-state index < -0.39 is 0 Å². The molecule has 1 aromatic carbocycles. The van der Waals surface area contributed by atoms with Gasteiger partial charge in [-0.25, -0.2) is 0 Å². The topological polar surface area (TPSA) is 49.4 Å². The summed E-state index contributed by atoms with van der Waals surface area (Å²) in [6.45, 7) is 2.53. The van der Waals surface area contributed by atoms with Crippen molar-refractivity contribution in [3.63, 3.8) is 0 Å². The maximum absolute atomic E-state index is 11.8. The van der Waals surface area contributed by atoms with Crippen molar-refractivity contribution in [2.75, 3.05) is 18.5 Å². The maximum atomic E-state index is 11.8. The minimum Gasteiger partial charge on any atom is -0.355 e. The second-order valence-electron chi connectivity index (χ2n) is 4.03. The summed E-state index contributed by atoms with van der Waals surface area (Å²) in [5.74, 6) is 0.0189. The van der Waals surface area contributed by atoms with Crippen LogP contribution in [0.2, 0.25) is 0 Å². The summed E-state index contributed by atoms with van der Waals surface area (Å²) in [5, 5.41) is 2.63. The molecule has 0 bridgehead atoms. The Bertz CT molecular complexity index is 468. The van der Waals surface area contributed by atoms with Crippen LogP contribution in [0.3, 0.4) is 0 Å². The minimum absolute atomic E-state index is 0.0901. The predicted octanol–water partition coefficient (Wildman–Crippen LogP) is 1.35. The number of nitrogens with one attached hydrogen (secondary N) is 1. The molecular formula is C13H16N2O2. The van der Waals surface area contributed by atoms with Crippen molar-refractivity contribution in [1.82, 2.24) is 5.32 Å². The molecule has 2 rings (SSSR count). The van der Waals surface area contributed by atoms with E-state index in [4.69, 9.17) is 0 Å². The highest BCUT2D eigenvalue weighted by Crippen LogP contribution is 2.31. The molecule has 1 aliphatic rings. The van der Waals surface area contributed by atoms with Crippen LogP contribution in [0, 0.1) is 0 Å². The van der Waals surface area contributed by atoms with E-state index in [9.17, 15) is 9.59 Å². The number of fused-ring (bicyclic) bond motifs is 1. The lowest BCUT2D eigenvalue weighted by Crippen LogP contribution is -2.27. The van der Waals surface area contributed by atoms with Crippen LogP contribution < -0.4 is 10.2 Å². The zero-order valence-corrected chi connectivity index (χ0v) is 10.1. The molecule has 1 aliphatic heterocycles. The standard InChI is InChI=1S/C13H16N2O2/c1-3-12(16)15-8-7-9-10(13(17)14-2)5-4-6-11(9)15/h4-6H,3,7-8H2,1-2H3,(H,14,17). The SMILES string of the molecule is CCC(=O)N1CCc2c(C(=O)NC)cccc21. The Morgan fingerprint density at radius 2 is 2.18 bits per heavy atom. The molecule has 0 fully saturated rings. The third kappa shape index (κ3) is 1.90. The zero-order valence-electron chi connectivity index (χ0n) is 10.1. The first kappa shape index (κ1) is 11.6. The fraction of sp³-hybridized carbons (Fsp3) is 0.385. The highest BCUT2D eigenvalue weighted by atomic mass is 16.2. The Kier molecular flexibility index (Phi) is 3.13. The van der Waals surface area contributed by atoms with Crippen molar-refractivity contribution in [2.45, 2.75) is 19.8 Å². The van der Waals surface area contributed by atoms with Crippen LogP contribution in [0.5, 0.6) is 0 Å². The van der Waals surface area contributed by atoms with Crippen molar-refractivity contribution in [1.29, 1.82) is 0 Å². The first-order valence-electron chi connectivity index (χ1n) is 5.83. The highest BCUT2D eigenvalue weighted by molar-refractivity contribution is 6.01. The third-order valence-electron chi connectivity index (χ3n) is 3.10. The lowest BCUT2D eigenvalue weighted by Gasteiger charge is -2.16. The number of carbonyl (C=O) groups excluding carboxylic acids is 2. The Labute approximate surface area is 101 Å². The molecule has 0 unspecified atom stereocenters. The summed E-state index contributed by atoms with van der Waals surface area (Å²) < 4.78 is 0. The first-order chi connectivity index (χ1) is 8.19. The van der Waals surface area contributed by atoms with Gasteiger partial charge in [-0.3, -0.25) is 9.59 Å². The average molecular weight is 232 g/mol. The maximum Gasteiger partial charge on any atom is 0.251 e. The number of rotatable bonds is 2. The van der Waals surface area contributed by atoms with Crippen LogP contribution in [0.1, 0.15) is 29.3 Å². The van der Waals surface area contributed by atoms with Gasteiger partial charge in [0.05, 0.1) is 0 Å². The van der Waals surface area contributed by atoms with Gasteiger partial charge in [0.2, 0.25) is 5.91 Å². The van der Waals surface area contributed by atoms with Gasteiger partial charge >= 0.3 is 0 Å². The molecule has 4 heteroatoms. The second-order valence-corrected chi connectivity index (χ2v) is 4.03. The van der Waals surface area contributed by atoms with Crippen LogP contribution in [-0.2, 0) is 11.2 Å². The number of hydrogen-bond acceptors (Lipinski definition) is 2. The van der Waals surface area contributed by atoms with E-state index in [1.807, 2.05) is 19.1 Å². The molecule has 1 aromatic rings. The number of benzene rings is 1. The molecule has 0 spiro atoms. The van der Waals surface area contributed by atoms with Gasteiger partial charge in [0.25, 0.3) is 5.91 Å². The number of amides is 2. The van der Waals surface area contributed by atoms with Crippen molar-refractivity contribution < 1.29 is 9.59 Å². The number of hydrogen-bond donors (Lipinski definition) is 1. The van der Waals surface area contributed by atoms with E-state index >= 15 is 0 Å². The van der Waals surface area contributed by atoms with Gasteiger partial charge < -0.3 is 10.2 Å². The van der Waals surface area contributed by atoms with Crippen molar-refractivity contribution >= 4 is 17.5 Å². The van der Waals surface area contributed by atoms with E-state index in [2.05, 4.69) is 5.32 Å². The fourth-order valence-corrected chi connectivity index (χ4v) is 2.23.